The lowest BCUT2D eigenvalue weighted by Gasteiger charge is -2.16. The second-order valence-electron chi connectivity index (χ2n) is 4.28. The van der Waals surface area contributed by atoms with Gasteiger partial charge in [0.1, 0.15) is 0 Å². The minimum atomic E-state index is -1.37. The molecule has 0 aromatic heterocycles. The average Bonchev–Trinajstić information content (AvgIpc) is 2.46. The van der Waals surface area contributed by atoms with E-state index in [9.17, 15) is 19.2 Å². The summed E-state index contributed by atoms with van der Waals surface area (Å²) >= 11 is 0. The maximum Gasteiger partial charge on any atom is 0.309 e. The van der Waals surface area contributed by atoms with E-state index < -0.39 is 36.3 Å². The SMILES string of the molecule is COC(=O)C[C@H](OC(C)=O)C(=O)Nc1ccccc1C(N)=O. The van der Waals surface area contributed by atoms with Gasteiger partial charge >= 0.3 is 11.9 Å². The molecule has 2 amide bonds. The highest BCUT2D eigenvalue weighted by Crippen LogP contribution is 2.15. The Labute approximate surface area is 126 Å². The van der Waals surface area contributed by atoms with Crippen molar-refractivity contribution in [2.75, 3.05) is 12.4 Å². The Morgan fingerprint density at radius 3 is 2.41 bits per heavy atom. The van der Waals surface area contributed by atoms with Crippen LogP contribution in [0.25, 0.3) is 0 Å². The lowest BCUT2D eigenvalue weighted by Crippen LogP contribution is -2.34. The van der Waals surface area contributed by atoms with Crippen LogP contribution in [0.4, 0.5) is 5.69 Å². The zero-order valence-corrected chi connectivity index (χ0v) is 12.1. The number of ether oxygens (including phenoxy) is 2. The number of primary amides is 1. The van der Waals surface area contributed by atoms with E-state index in [1.807, 2.05) is 0 Å². The van der Waals surface area contributed by atoms with Gasteiger partial charge < -0.3 is 20.5 Å². The smallest absolute Gasteiger partial charge is 0.309 e. The summed E-state index contributed by atoms with van der Waals surface area (Å²) in [5.74, 6) is -2.95. The highest BCUT2D eigenvalue weighted by molar-refractivity contribution is 6.04. The first-order valence-corrected chi connectivity index (χ1v) is 6.29. The highest BCUT2D eigenvalue weighted by Gasteiger charge is 2.26. The quantitative estimate of drug-likeness (QED) is 0.724. The zero-order chi connectivity index (χ0) is 16.7. The van der Waals surface area contributed by atoms with Crippen LogP contribution in [0.1, 0.15) is 23.7 Å². The Kier molecular flexibility index (Phi) is 6.06. The first-order chi connectivity index (χ1) is 10.3. The van der Waals surface area contributed by atoms with Crippen molar-refractivity contribution >= 4 is 29.4 Å². The fourth-order valence-electron chi connectivity index (χ4n) is 1.64. The molecule has 0 aliphatic carbocycles. The van der Waals surface area contributed by atoms with Gasteiger partial charge in [0.05, 0.1) is 24.8 Å². The van der Waals surface area contributed by atoms with Crippen molar-refractivity contribution in [2.24, 2.45) is 5.73 Å². The second kappa shape index (κ2) is 7.77. The molecule has 22 heavy (non-hydrogen) atoms. The molecular weight excluding hydrogens is 292 g/mol. The minimum Gasteiger partial charge on any atom is -0.469 e. The number of nitrogens with two attached hydrogens (primary N) is 1. The predicted octanol–water partition coefficient (Wildman–Crippen LogP) is 0.219. The van der Waals surface area contributed by atoms with Crippen LogP contribution < -0.4 is 11.1 Å². The molecule has 0 aliphatic rings. The fourth-order valence-corrected chi connectivity index (χ4v) is 1.64. The standard InChI is InChI=1S/C14H16N2O6/c1-8(17)22-11(7-12(18)21-2)14(20)16-10-6-4-3-5-9(10)13(15)19/h3-6,11H,7H2,1-2H3,(H2,15,19)(H,16,20)/t11-/m0/s1. The molecular formula is C14H16N2O6. The molecule has 0 fully saturated rings. The number of carbonyl (C=O) groups is 4. The van der Waals surface area contributed by atoms with Crippen molar-refractivity contribution in [1.29, 1.82) is 0 Å². The summed E-state index contributed by atoms with van der Waals surface area (Å²) in [6.07, 6.45) is -1.81. The zero-order valence-electron chi connectivity index (χ0n) is 12.1. The molecule has 0 aliphatic heterocycles. The van der Waals surface area contributed by atoms with Crippen molar-refractivity contribution in [3.05, 3.63) is 29.8 Å². The van der Waals surface area contributed by atoms with Crippen LogP contribution >= 0.6 is 0 Å². The molecule has 8 nitrogen and oxygen atoms in total. The molecule has 1 aromatic carbocycles. The van der Waals surface area contributed by atoms with Gasteiger partial charge in [-0.25, -0.2) is 0 Å². The van der Waals surface area contributed by atoms with Gasteiger partial charge in [-0.15, -0.1) is 0 Å². The van der Waals surface area contributed by atoms with Crippen LogP contribution in [-0.2, 0) is 23.9 Å². The first kappa shape index (κ1) is 17.2. The van der Waals surface area contributed by atoms with Gasteiger partial charge in [-0.2, -0.15) is 0 Å². The number of esters is 2. The maximum atomic E-state index is 12.1. The van der Waals surface area contributed by atoms with Crippen molar-refractivity contribution in [1.82, 2.24) is 0 Å². The van der Waals surface area contributed by atoms with Crippen LogP contribution in [-0.4, -0.2) is 37.0 Å². The number of nitrogens with one attached hydrogen (secondary N) is 1. The number of rotatable bonds is 6. The largest absolute Gasteiger partial charge is 0.469 e. The predicted molar refractivity (Wildman–Crippen MR) is 75.8 cm³/mol. The van der Waals surface area contributed by atoms with Gasteiger partial charge in [-0.05, 0) is 12.1 Å². The van der Waals surface area contributed by atoms with E-state index in [0.29, 0.717) is 0 Å². The number of amides is 2. The van der Waals surface area contributed by atoms with E-state index in [1.54, 1.807) is 12.1 Å². The molecule has 1 aromatic rings. The minimum absolute atomic E-state index is 0.0930. The van der Waals surface area contributed by atoms with Gasteiger partial charge in [0.2, 0.25) is 0 Å². The summed E-state index contributed by atoms with van der Waals surface area (Å²) < 4.78 is 9.23. The van der Waals surface area contributed by atoms with Crippen LogP contribution in [0.2, 0.25) is 0 Å². The number of methoxy groups -OCH3 is 1. The Bertz CT molecular complexity index is 599. The Morgan fingerprint density at radius 2 is 1.86 bits per heavy atom. The van der Waals surface area contributed by atoms with E-state index >= 15 is 0 Å². The summed E-state index contributed by atoms with van der Waals surface area (Å²) in [6, 6.07) is 6.05. The number of hydrogen-bond acceptors (Lipinski definition) is 6. The summed E-state index contributed by atoms with van der Waals surface area (Å²) in [4.78, 5) is 45.7. The fraction of sp³-hybridized carbons (Fsp3) is 0.286. The monoisotopic (exact) mass is 308 g/mol. The van der Waals surface area contributed by atoms with E-state index in [4.69, 9.17) is 10.5 Å². The van der Waals surface area contributed by atoms with Crippen LogP contribution in [0.15, 0.2) is 24.3 Å². The molecule has 0 saturated heterocycles. The van der Waals surface area contributed by atoms with Crippen molar-refractivity contribution in [2.45, 2.75) is 19.4 Å². The summed E-state index contributed by atoms with van der Waals surface area (Å²) in [5, 5.41) is 2.40. The molecule has 0 bridgehead atoms. The third-order valence-electron chi connectivity index (χ3n) is 2.63. The molecule has 0 heterocycles. The van der Waals surface area contributed by atoms with Crippen molar-refractivity contribution in [3.8, 4) is 0 Å². The van der Waals surface area contributed by atoms with Gasteiger partial charge in [0.15, 0.2) is 6.10 Å². The molecule has 1 rings (SSSR count). The third-order valence-corrected chi connectivity index (χ3v) is 2.63. The highest BCUT2D eigenvalue weighted by atomic mass is 16.6. The second-order valence-corrected chi connectivity index (χ2v) is 4.28. The van der Waals surface area contributed by atoms with Gasteiger partial charge in [-0.3, -0.25) is 19.2 Å². The maximum absolute atomic E-state index is 12.1. The van der Waals surface area contributed by atoms with Crippen LogP contribution in [0, 0.1) is 0 Å². The molecule has 0 spiro atoms. The van der Waals surface area contributed by atoms with E-state index in [1.165, 1.54) is 12.1 Å². The Morgan fingerprint density at radius 1 is 1.23 bits per heavy atom. The number of hydrogen-bond donors (Lipinski definition) is 2. The number of benzene rings is 1. The number of carbonyl (C=O) groups excluding carboxylic acids is 4. The van der Waals surface area contributed by atoms with Crippen molar-refractivity contribution < 1.29 is 28.7 Å². The molecule has 0 unspecified atom stereocenters. The molecule has 0 saturated carbocycles. The van der Waals surface area contributed by atoms with E-state index in [2.05, 4.69) is 10.1 Å². The van der Waals surface area contributed by atoms with Gasteiger partial charge in [-0.1, -0.05) is 12.1 Å². The van der Waals surface area contributed by atoms with Crippen molar-refractivity contribution in [3.63, 3.8) is 0 Å². The topological polar surface area (TPSA) is 125 Å². The molecule has 3 N–H and O–H groups in total. The first-order valence-electron chi connectivity index (χ1n) is 6.29. The number of anilines is 1. The summed E-state index contributed by atoms with van der Waals surface area (Å²) in [6.45, 7) is 1.11. The third kappa shape index (κ3) is 4.89. The average molecular weight is 308 g/mol. The van der Waals surface area contributed by atoms with E-state index in [-0.39, 0.29) is 11.3 Å². The summed E-state index contributed by atoms with van der Waals surface area (Å²) in [7, 11) is 1.15. The Hall–Kier alpha value is -2.90. The van der Waals surface area contributed by atoms with Crippen LogP contribution in [0.3, 0.4) is 0 Å². The molecule has 0 radical (unpaired) electrons. The number of para-hydroxylation sites is 1. The van der Waals surface area contributed by atoms with Gasteiger partial charge in [0, 0.05) is 6.92 Å². The lowest BCUT2D eigenvalue weighted by atomic mass is 10.1. The summed E-state index contributed by atoms with van der Waals surface area (Å²) in [5.41, 5.74) is 5.45. The molecule has 8 heteroatoms. The van der Waals surface area contributed by atoms with E-state index in [0.717, 1.165) is 14.0 Å². The van der Waals surface area contributed by atoms with Gasteiger partial charge in [0.25, 0.3) is 11.8 Å². The molecule has 118 valence electrons. The Balaban J connectivity index is 2.93. The lowest BCUT2D eigenvalue weighted by molar-refractivity contribution is -0.157. The van der Waals surface area contributed by atoms with Crippen LogP contribution in [0.5, 0.6) is 0 Å². The normalized spacial score (nSPS) is 11.2. The molecule has 1 atom stereocenters.